The second kappa shape index (κ2) is 2.22. The highest BCUT2D eigenvalue weighted by atomic mass is 16.6. The smallest absolute Gasteiger partial charge is 0.0920 e. The Kier molecular flexibility index (Phi) is 1.54. The lowest BCUT2D eigenvalue weighted by atomic mass is 9.78. The van der Waals surface area contributed by atoms with Gasteiger partial charge in [-0.2, -0.15) is 0 Å². The minimum Gasteiger partial charge on any atom is -0.366 e. The first-order valence-corrected chi connectivity index (χ1v) is 4.79. The first-order valence-electron chi connectivity index (χ1n) is 4.79. The predicted octanol–water partition coefficient (Wildman–Crippen LogP) is 2.60. The van der Waals surface area contributed by atoms with Crippen LogP contribution in [-0.2, 0) is 4.74 Å². The van der Waals surface area contributed by atoms with Gasteiger partial charge in [-0.3, -0.25) is 0 Å². The van der Waals surface area contributed by atoms with Crippen LogP contribution in [0.3, 0.4) is 0 Å². The number of epoxide rings is 1. The van der Waals surface area contributed by atoms with Gasteiger partial charge in [0.25, 0.3) is 0 Å². The maximum atomic E-state index is 5.65. The Morgan fingerprint density at radius 3 is 2.73 bits per heavy atom. The summed E-state index contributed by atoms with van der Waals surface area (Å²) in [6.45, 7) is 6.92. The zero-order valence-corrected chi connectivity index (χ0v) is 7.76. The van der Waals surface area contributed by atoms with Crippen LogP contribution in [0.25, 0.3) is 0 Å². The zero-order chi connectivity index (χ0) is 8.06. The molecule has 1 nitrogen and oxygen atoms in total. The summed E-state index contributed by atoms with van der Waals surface area (Å²) in [4.78, 5) is 0. The lowest BCUT2D eigenvalue weighted by Crippen LogP contribution is -2.24. The van der Waals surface area contributed by atoms with Gasteiger partial charge < -0.3 is 4.74 Å². The molecule has 2 fully saturated rings. The maximum absolute atomic E-state index is 5.65. The largest absolute Gasteiger partial charge is 0.366 e. The summed E-state index contributed by atoms with van der Waals surface area (Å²) in [5.41, 5.74) is 0.311. The van der Waals surface area contributed by atoms with Crippen molar-refractivity contribution in [2.24, 2.45) is 11.8 Å². The average molecular weight is 154 g/mol. The van der Waals surface area contributed by atoms with E-state index < -0.39 is 0 Å². The lowest BCUT2D eigenvalue weighted by Gasteiger charge is -2.25. The summed E-state index contributed by atoms with van der Waals surface area (Å²) in [6.07, 6.45) is 4.60. The summed E-state index contributed by atoms with van der Waals surface area (Å²) in [5.74, 6) is 1.78. The highest BCUT2D eigenvalue weighted by molar-refractivity contribution is 5.03. The van der Waals surface area contributed by atoms with Gasteiger partial charge in [-0.15, -0.1) is 0 Å². The van der Waals surface area contributed by atoms with Gasteiger partial charge in [-0.1, -0.05) is 13.8 Å². The van der Waals surface area contributed by atoms with Gasteiger partial charge in [-0.25, -0.2) is 0 Å². The van der Waals surface area contributed by atoms with Crippen molar-refractivity contribution in [3.05, 3.63) is 0 Å². The molecule has 0 radical (unpaired) electrons. The molecule has 2 rings (SSSR count). The Hall–Kier alpha value is -0.0400. The number of ether oxygens (including phenoxy) is 1. The highest BCUT2D eigenvalue weighted by Crippen LogP contribution is 2.50. The molecule has 1 aliphatic carbocycles. The lowest BCUT2D eigenvalue weighted by molar-refractivity contribution is 0.275. The fraction of sp³-hybridized carbons (Fsp3) is 1.00. The van der Waals surface area contributed by atoms with E-state index in [0.29, 0.717) is 11.7 Å². The van der Waals surface area contributed by atoms with E-state index >= 15 is 0 Å². The molecular formula is C10H18O. The molecule has 0 aromatic heterocycles. The van der Waals surface area contributed by atoms with E-state index in [0.717, 1.165) is 11.8 Å². The Balaban J connectivity index is 1.93. The minimum absolute atomic E-state index is 0.311. The van der Waals surface area contributed by atoms with Crippen molar-refractivity contribution in [1.82, 2.24) is 0 Å². The van der Waals surface area contributed by atoms with Crippen molar-refractivity contribution in [1.29, 1.82) is 0 Å². The monoisotopic (exact) mass is 154 g/mol. The quantitative estimate of drug-likeness (QED) is 0.529. The van der Waals surface area contributed by atoms with Gasteiger partial charge in [0.2, 0.25) is 0 Å². The van der Waals surface area contributed by atoms with Crippen molar-refractivity contribution in [2.45, 2.75) is 51.7 Å². The van der Waals surface area contributed by atoms with Gasteiger partial charge in [0.15, 0.2) is 0 Å². The van der Waals surface area contributed by atoms with Gasteiger partial charge in [0.1, 0.15) is 0 Å². The Labute approximate surface area is 69.1 Å². The molecule has 1 saturated heterocycles. The van der Waals surface area contributed by atoms with Crippen LogP contribution in [-0.4, -0.2) is 11.7 Å². The normalized spacial score (nSPS) is 49.1. The van der Waals surface area contributed by atoms with E-state index in [2.05, 4.69) is 20.8 Å². The van der Waals surface area contributed by atoms with Gasteiger partial charge in [0.05, 0.1) is 11.7 Å². The van der Waals surface area contributed by atoms with Gasteiger partial charge in [0, 0.05) is 0 Å². The van der Waals surface area contributed by atoms with Gasteiger partial charge >= 0.3 is 0 Å². The van der Waals surface area contributed by atoms with Gasteiger partial charge in [-0.05, 0) is 38.0 Å². The van der Waals surface area contributed by atoms with E-state index in [-0.39, 0.29) is 0 Å². The maximum Gasteiger partial charge on any atom is 0.0920 e. The van der Waals surface area contributed by atoms with Crippen LogP contribution >= 0.6 is 0 Å². The van der Waals surface area contributed by atoms with E-state index in [1.165, 1.54) is 19.3 Å². The van der Waals surface area contributed by atoms with E-state index in [1.54, 1.807) is 0 Å². The number of hydrogen-bond donors (Lipinski definition) is 0. The van der Waals surface area contributed by atoms with Crippen molar-refractivity contribution in [2.75, 3.05) is 0 Å². The molecule has 2 aliphatic rings. The first-order chi connectivity index (χ1) is 5.12. The number of fused-ring (bicyclic) bond motifs is 1. The third kappa shape index (κ3) is 1.20. The molecule has 0 aromatic rings. The molecule has 0 aromatic carbocycles. The molecule has 64 valence electrons. The summed E-state index contributed by atoms with van der Waals surface area (Å²) >= 11 is 0. The summed E-state index contributed by atoms with van der Waals surface area (Å²) in [6, 6.07) is 0. The highest BCUT2D eigenvalue weighted by Gasteiger charge is 2.55. The summed E-state index contributed by atoms with van der Waals surface area (Å²) in [5, 5.41) is 0. The molecule has 1 heterocycles. The minimum atomic E-state index is 0.311. The average Bonchev–Trinajstić information content (AvgIpc) is 2.58. The fourth-order valence-electron chi connectivity index (χ4n) is 2.28. The van der Waals surface area contributed by atoms with Crippen molar-refractivity contribution in [3.63, 3.8) is 0 Å². The van der Waals surface area contributed by atoms with Crippen LogP contribution < -0.4 is 0 Å². The zero-order valence-electron chi connectivity index (χ0n) is 7.76. The molecule has 0 spiro atoms. The predicted molar refractivity (Wildman–Crippen MR) is 45.5 cm³/mol. The standard InChI is InChI=1S/C10H18O/c1-7(2)8-4-5-10(3)9(6-8)11-10/h7-9H,4-6H2,1-3H3/t8-,9-,10-/m1/s1. The molecule has 1 heteroatoms. The molecule has 0 unspecified atom stereocenters. The number of hydrogen-bond acceptors (Lipinski definition) is 1. The SMILES string of the molecule is CC(C)[C@@H]1CC[C@@]2(C)O[C@@H]2C1. The molecule has 11 heavy (non-hydrogen) atoms. The fourth-order valence-corrected chi connectivity index (χ4v) is 2.28. The van der Waals surface area contributed by atoms with E-state index in [9.17, 15) is 0 Å². The van der Waals surface area contributed by atoms with Crippen LogP contribution in [0.2, 0.25) is 0 Å². The van der Waals surface area contributed by atoms with Crippen LogP contribution in [0.4, 0.5) is 0 Å². The summed E-state index contributed by atoms with van der Waals surface area (Å²) in [7, 11) is 0. The van der Waals surface area contributed by atoms with Crippen molar-refractivity contribution in [3.8, 4) is 0 Å². The topological polar surface area (TPSA) is 12.5 Å². The molecule has 0 N–H and O–H groups in total. The molecule has 0 amide bonds. The van der Waals surface area contributed by atoms with Crippen molar-refractivity contribution >= 4 is 0 Å². The molecule has 1 saturated carbocycles. The van der Waals surface area contributed by atoms with Crippen LogP contribution in [0, 0.1) is 11.8 Å². The Morgan fingerprint density at radius 2 is 2.18 bits per heavy atom. The first kappa shape index (κ1) is 7.60. The van der Waals surface area contributed by atoms with E-state index in [1.807, 2.05) is 0 Å². The van der Waals surface area contributed by atoms with Crippen molar-refractivity contribution < 1.29 is 4.74 Å². The van der Waals surface area contributed by atoms with Crippen LogP contribution in [0.1, 0.15) is 40.0 Å². The van der Waals surface area contributed by atoms with Crippen LogP contribution in [0.5, 0.6) is 0 Å². The summed E-state index contributed by atoms with van der Waals surface area (Å²) < 4.78 is 5.65. The Bertz CT molecular complexity index is 164. The molecule has 0 bridgehead atoms. The second-order valence-electron chi connectivity index (χ2n) is 4.70. The Morgan fingerprint density at radius 1 is 1.45 bits per heavy atom. The van der Waals surface area contributed by atoms with Crippen LogP contribution in [0.15, 0.2) is 0 Å². The molecular weight excluding hydrogens is 136 g/mol. The van der Waals surface area contributed by atoms with E-state index in [4.69, 9.17) is 4.74 Å². The third-order valence-corrected chi connectivity index (χ3v) is 3.51. The molecule has 1 aliphatic heterocycles. The number of rotatable bonds is 1. The second-order valence-corrected chi connectivity index (χ2v) is 4.70. The molecule has 3 atom stereocenters. The third-order valence-electron chi connectivity index (χ3n) is 3.51.